The van der Waals surface area contributed by atoms with Gasteiger partial charge in [0.2, 0.25) is 5.91 Å². The van der Waals surface area contributed by atoms with Crippen molar-refractivity contribution in [1.29, 1.82) is 0 Å². The molecule has 1 saturated heterocycles. The Morgan fingerprint density at radius 1 is 1.03 bits per heavy atom. The van der Waals surface area contributed by atoms with Gasteiger partial charge in [0, 0.05) is 48.7 Å². The number of hydrogen-bond donors (Lipinski definition) is 2. The number of carbonyl (C=O) groups excluding carboxylic acids is 1. The SMILES string of the molecule is Nc1ncnc2cc(CN3CCN(Cc4ccc5c(Cl)c[nH]c5c4)CC3=O)ccc12. The number of benzene rings is 2. The molecule has 1 amide bonds. The van der Waals surface area contributed by atoms with Crippen molar-refractivity contribution in [3.63, 3.8) is 0 Å². The van der Waals surface area contributed by atoms with Crippen LogP contribution in [0.4, 0.5) is 5.82 Å². The van der Waals surface area contributed by atoms with Crippen molar-refractivity contribution in [1.82, 2.24) is 24.8 Å². The molecular formula is C22H21ClN6O. The smallest absolute Gasteiger partial charge is 0.237 e. The highest BCUT2D eigenvalue weighted by Crippen LogP contribution is 2.24. The molecule has 152 valence electrons. The number of nitrogens with zero attached hydrogens (tertiary/aromatic N) is 4. The third-order valence-electron chi connectivity index (χ3n) is 5.60. The van der Waals surface area contributed by atoms with Crippen LogP contribution in [0, 0.1) is 0 Å². The van der Waals surface area contributed by atoms with Gasteiger partial charge in [-0.3, -0.25) is 9.69 Å². The highest BCUT2D eigenvalue weighted by Gasteiger charge is 2.24. The molecule has 1 fully saturated rings. The van der Waals surface area contributed by atoms with Gasteiger partial charge in [-0.05, 0) is 29.3 Å². The Bertz CT molecular complexity index is 1250. The predicted octanol–water partition coefficient (Wildman–Crippen LogP) is 3.19. The van der Waals surface area contributed by atoms with Gasteiger partial charge < -0.3 is 15.6 Å². The normalized spacial score (nSPS) is 15.4. The lowest BCUT2D eigenvalue weighted by Crippen LogP contribution is -2.49. The molecule has 0 spiro atoms. The summed E-state index contributed by atoms with van der Waals surface area (Å²) in [5, 5.41) is 2.57. The summed E-state index contributed by atoms with van der Waals surface area (Å²) in [5.74, 6) is 0.601. The summed E-state index contributed by atoms with van der Waals surface area (Å²) in [4.78, 5) is 28.3. The molecule has 0 aliphatic carbocycles. The number of halogens is 1. The van der Waals surface area contributed by atoms with E-state index in [0.29, 0.717) is 25.5 Å². The van der Waals surface area contributed by atoms with E-state index in [0.717, 1.165) is 51.0 Å². The van der Waals surface area contributed by atoms with Crippen molar-refractivity contribution < 1.29 is 4.79 Å². The van der Waals surface area contributed by atoms with E-state index in [1.807, 2.05) is 29.2 Å². The molecule has 4 aromatic rings. The zero-order valence-electron chi connectivity index (χ0n) is 16.3. The van der Waals surface area contributed by atoms with Gasteiger partial charge >= 0.3 is 0 Å². The van der Waals surface area contributed by atoms with Gasteiger partial charge in [0.1, 0.15) is 12.1 Å². The van der Waals surface area contributed by atoms with E-state index in [-0.39, 0.29) is 5.91 Å². The van der Waals surface area contributed by atoms with Crippen molar-refractivity contribution in [3.05, 3.63) is 65.1 Å². The van der Waals surface area contributed by atoms with Crippen LogP contribution >= 0.6 is 11.6 Å². The maximum Gasteiger partial charge on any atom is 0.237 e. The van der Waals surface area contributed by atoms with E-state index in [2.05, 4.69) is 32.0 Å². The number of hydrogen-bond acceptors (Lipinski definition) is 5. The average molecular weight is 421 g/mol. The summed E-state index contributed by atoms with van der Waals surface area (Å²) >= 11 is 6.15. The summed E-state index contributed by atoms with van der Waals surface area (Å²) in [6, 6.07) is 12.1. The summed E-state index contributed by atoms with van der Waals surface area (Å²) < 4.78 is 0. The van der Waals surface area contributed by atoms with Crippen LogP contribution in [-0.4, -0.2) is 50.3 Å². The van der Waals surface area contributed by atoms with Gasteiger partial charge in [-0.25, -0.2) is 9.97 Å². The Labute approximate surface area is 178 Å². The van der Waals surface area contributed by atoms with Gasteiger partial charge in [0.05, 0.1) is 17.1 Å². The quantitative estimate of drug-likeness (QED) is 0.529. The third kappa shape index (κ3) is 3.58. The maximum absolute atomic E-state index is 12.7. The minimum atomic E-state index is 0.132. The maximum atomic E-state index is 12.7. The Morgan fingerprint density at radius 2 is 1.83 bits per heavy atom. The van der Waals surface area contributed by atoms with Crippen molar-refractivity contribution in [3.8, 4) is 0 Å². The van der Waals surface area contributed by atoms with E-state index in [1.165, 1.54) is 6.33 Å². The molecule has 2 aromatic heterocycles. The first-order valence-corrected chi connectivity index (χ1v) is 10.2. The first-order chi connectivity index (χ1) is 14.6. The molecule has 2 aromatic carbocycles. The summed E-state index contributed by atoms with van der Waals surface area (Å²) in [7, 11) is 0. The van der Waals surface area contributed by atoms with Gasteiger partial charge in [0.15, 0.2) is 0 Å². The number of H-pyrrole nitrogens is 1. The van der Waals surface area contributed by atoms with Crippen LogP contribution in [0.5, 0.6) is 0 Å². The zero-order chi connectivity index (χ0) is 20.7. The standard InChI is InChI=1S/C22H21ClN6O/c23-18-9-25-19-7-14(1-3-16(18)19)10-28-5-6-29(21(30)12-28)11-15-2-4-17-20(8-15)26-13-27-22(17)24/h1-4,7-9,13,25H,5-6,10-12H2,(H2,24,26,27). The van der Waals surface area contributed by atoms with Gasteiger partial charge in [-0.15, -0.1) is 0 Å². The molecule has 30 heavy (non-hydrogen) atoms. The van der Waals surface area contributed by atoms with Gasteiger partial charge in [0.25, 0.3) is 0 Å². The number of carbonyl (C=O) groups is 1. The number of rotatable bonds is 4. The molecule has 1 aliphatic rings. The van der Waals surface area contributed by atoms with E-state index >= 15 is 0 Å². The lowest BCUT2D eigenvalue weighted by molar-refractivity contribution is -0.136. The van der Waals surface area contributed by atoms with E-state index in [1.54, 1.807) is 6.20 Å². The molecule has 7 nitrogen and oxygen atoms in total. The molecule has 1 aliphatic heterocycles. The van der Waals surface area contributed by atoms with E-state index < -0.39 is 0 Å². The molecule has 0 saturated carbocycles. The largest absolute Gasteiger partial charge is 0.383 e. The first-order valence-electron chi connectivity index (χ1n) is 9.81. The van der Waals surface area contributed by atoms with Crippen LogP contribution in [-0.2, 0) is 17.9 Å². The molecule has 8 heteroatoms. The predicted molar refractivity (Wildman–Crippen MR) is 118 cm³/mol. The third-order valence-corrected chi connectivity index (χ3v) is 5.92. The molecular weight excluding hydrogens is 400 g/mol. The minimum Gasteiger partial charge on any atom is -0.383 e. The Kier molecular flexibility index (Phi) is 4.77. The molecule has 3 N–H and O–H groups in total. The van der Waals surface area contributed by atoms with E-state index in [4.69, 9.17) is 17.3 Å². The number of aromatic nitrogens is 3. The molecule has 0 unspecified atom stereocenters. The van der Waals surface area contributed by atoms with Gasteiger partial charge in [-0.1, -0.05) is 29.8 Å². The lowest BCUT2D eigenvalue weighted by Gasteiger charge is -2.34. The molecule has 0 radical (unpaired) electrons. The number of nitrogens with one attached hydrogen (secondary N) is 1. The fourth-order valence-electron chi connectivity index (χ4n) is 4.00. The highest BCUT2D eigenvalue weighted by molar-refractivity contribution is 6.35. The number of aromatic amines is 1. The van der Waals surface area contributed by atoms with E-state index in [9.17, 15) is 4.79 Å². The zero-order valence-corrected chi connectivity index (χ0v) is 17.1. The second-order valence-corrected chi connectivity index (χ2v) is 8.06. The average Bonchev–Trinajstić information content (AvgIpc) is 3.10. The van der Waals surface area contributed by atoms with Crippen molar-refractivity contribution in [2.24, 2.45) is 0 Å². The highest BCUT2D eigenvalue weighted by atomic mass is 35.5. The van der Waals surface area contributed by atoms with Crippen molar-refractivity contribution >= 4 is 45.1 Å². The number of fused-ring (bicyclic) bond motifs is 2. The fraction of sp³-hybridized carbons (Fsp3) is 0.227. The molecule has 0 bridgehead atoms. The first kappa shape index (κ1) is 18.8. The molecule has 0 atom stereocenters. The second kappa shape index (κ2) is 7.59. The molecule has 3 heterocycles. The van der Waals surface area contributed by atoms with Crippen LogP contribution in [0.15, 0.2) is 48.9 Å². The van der Waals surface area contributed by atoms with Gasteiger partial charge in [-0.2, -0.15) is 0 Å². The van der Waals surface area contributed by atoms with Crippen molar-refractivity contribution in [2.45, 2.75) is 13.1 Å². The number of nitrogens with two attached hydrogens (primary N) is 1. The number of nitrogen functional groups attached to an aromatic ring is 1. The summed E-state index contributed by atoms with van der Waals surface area (Å²) in [6.07, 6.45) is 3.26. The monoisotopic (exact) mass is 420 g/mol. The van der Waals surface area contributed by atoms with Crippen LogP contribution in [0.2, 0.25) is 5.02 Å². The minimum absolute atomic E-state index is 0.132. The van der Waals surface area contributed by atoms with Crippen LogP contribution in [0.25, 0.3) is 21.8 Å². The fourth-order valence-corrected chi connectivity index (χ4v) is 4.22. The van der Waals surface area contributed by atoms with Crippen LogP contribution in [0.1, 0.15) is 11.1 Å². The summed E-state index contributed by atoms with van der Waals surface area (Å²) in [6.45, 7) is 3.24. The second-order valence-electron chi connectivity index (χ2n) is 7.65. The Morgan fingerprint density at radius 3 is 2.67 bits per heavy atom. The van der Waals surface area contributed by atoms with Crippen LogP contribution in [0.3, 0.4) is 0 Å². The number of amides is 1. The van der Waals surface area contributed by atoms with Crippen molar-refractivity contribution in [2.75, 3.05) is 25.4 Å². The Hall–Kier alpha value is -3.16. The molecule has 5 rings (SSSR count). The number of piperazine rings is 1. The topological polar surface area (TPSA) is 91.1 Å². The Balaban J connectivity index is 1.24. The van der Waals surface area contributed by atoms with Crippen LogP contribution < -0.4 is 5.73 Å². The summed E-state index contributed by atoms with van der Waals surface area (Å²) in [5.41, 5.74) is 9.91. The lowest BCUT2D eigenvalue weighted by atomic mass is 10.1. The number of anilines is 1.